The van der Waals surface area contributed by atoms with E-state index >= 15 is 0 Å². The van der Waals surface area contributed by atoms with Crippen LogP contribution < -0.4 is 5.73 Å². The van der Waals surface area contributed by atoms with Crippen LogP contribution in [0.4, 0.5) is 0 Å². The normalized spacial score (nSPS) is 36.0. The van der Waals surface area contributed by atoms with Crippen molar-refractivity contribution in [1.29, 1.82) is 0 Å². The van der Waals surface area contributed by atoms with E-state index in [1.807, 2.05) is 0 Å². The molecule has 0 radical (unpaired) electrons. The first-order valence-corrected chi connectivity index (χ1v) is 8.06. The molecule has 0 amide bonds. The summed E-state index contributed by atoms with van der Waals surface area (Å²) in [6.07, 6.45) is 9.90. The first-order valence-electron chi connectivity index (χ1n) is 8.06. The molecule has 0 saturated heterocycles. The van der Waals surface area contributed by atoms with Crippen LogP contribution in [0.15, 0.2) is 0 Å². The molecule has 2 unspecified atom stereocenters. The molecule has 3 aliphatic rings. The van der Waals surface area contributed by atoms with Crippen molar-refractivity contribution in [3.63, 3.8) is 0 Å². The van der Waals surface area contributed by atoms with Gasteiger partial charge in [0.05, 0.1) is 0 Å². The van der Waals surface area contributed by atoms with Gasteiger partial charge in [0.25, 0.3) is 0 Å². The highest BCUT2D eigenvalue weighted by atomic mass is 15.2. The van der Waals surface area contributed by atoms with Crippen LogP contribution in [0.2, 0.25) is 0 Å². The lowest BCUT2D eigenvalue weighted by molar-refractivity contribution is 0.0970. The number of hydrogen-bond donors (Lipinski definition) is 1. The zero-order chi connectivity index (χ0) is 12.8. The molecular formula is C16H30N2. The van der Waals surface area contributed by atoms with Crippen LogP contribution in [0.1, 0.15) is 58.8 Å². The Morgan fingerprint density at radius 2 is 1.78 bits per heavy atom. The summed E-state index contributed by atoms with van der Waals surface area (Å²) < 4.78 is 0. The molecule has 2 heteroatoms. The zero-order valence-electron chi connectivity index (χ0n) is 12.2. The molecule has 104 valence electrons. The van der Waals surface area contributed by atoms with E-state index in [0.717, 1.165) is 17.9 Å². The molecule has 0 aromatic carbocycles. The highest BCUT2D eigenvalue weighted by Crippen LogP contribution is 2.40. The maximum absolute atomic E-state index is 6.55. The van der Waals surface area contributed by atoms with Crippen molar-refractivity contribution in [3.8, 4) is 0 Å². The van der Waals surface area contributed by atoms with Gasteiger partial charge in [0.2, 0.25) is 0 Å². The summed E-state index contributed by atoms with van der Waals surface area (Å²) in [7, 11) is 0. The maximum atomic E-state index is 6.55. The molecule has 0 aromatic heterocycles. The maximum Gasteiger partial charge on any atom is 0.0131 e. The van der Waals surface area contributed by atoms with Gasteiger partial charge in [0.1, 0.15) is 0 Å². The van der Waals surface area contributed by atoms with Gasteiger partial charge in [-0.2, -0.15) is 0 Å². The predicted octanol–water partition coefficient (Wildman–Crippen LogP) is 3.01. The molecule has 3 aliphatic carbocycles. The Balaban J connectivity index is 1.58. The van der Waals surface area contributed by atoms with Gasteiger partial charge in [-0.3, -0.25) is 4.90 Å². The van der Waals surface area contributed by atoms with Crippen molar-refractivity contribution >= 4 is 0 Å². The third-order valence-corrected chi connectivity index (χ3v) is 5.53. The lowest BCUT2D eigenvalue weighted by atomic mass is 9.68. The highest BCUT2D eigenvalue weighted by molar-refractivity contribution is 4.95. The van der Waals surface area contributed by atoms with Crippen LogP contribution in [0.5, 0.6) is 0 Å². The topological polar surface area (TPSA) is 29.3 Å². The number of nitrogens with two attached hydrogens (primary N) is 1. The number of hydrogen-bond acceptors (Lipinski definition) is 2. The fraction of sp³-hybridized carbons (Fsp3) is 1.00. The van der Waals surface area contributed by atoms with Crippen LogP contribution >= 0.6 is 0 Å². The van der Waals surface area contributed by atoms with Crippen LogP contribution in [-0.4, -0.2) is 30.1 Å². The average Bonchev–Trinajstić information content (AvgIpc) is 3.13. The molecule has 3 fully saturated rings. The van der Waals surface area contributed by atoms with E-state index in [1.54, 1.807) is 0 Å². The first-order chi connectivity index (χ1) is 8.56. The summed E-state index contributed by atoms with van der Waals surface area (Å²) in [6, 6.07) is 1.33. The molecule has 2 atom stereocenters. The van der Waals surface area contributed by atoms with E-state index in [0.29, 0.717) is 11.5 Å². The van der Waals surface area contributed by atoms with E-state index in [2.05, 4.69) is 18.7 Å². The van der Waals surface area contributed by atoms with E-state index in [4.69, 9.17) is 5.73 Å². The Morgan fingerprint density at radius 1 is 1.06 bits per heavy atom. The third kappa shape index (κ3) is 2.91. The molecule has 0 bridgehead atoms. The quantitative estimate of drug-likeness (QED) is 0.812. The second kappa shape index (κ2) is 4.79. The third-order valence-electron chi connectivity index (χ3n) is 5.53. The van der Waals surface area contributed by atoms with Crippen LogP contribution in [0.3, 0.4) is 0 Å². The Labute approximate surface area is 112 Å². The Morgan fingerprint density at radius 3 is 2.39 bits per heavy atom. The summed E-state index contributed by atoms with van der Waals surface area (Å²) in [5.41, 5.74) is 6.90. The van der Waals surface area contributed by atoms with E-state index < -0.39 is 0 Å². The molecule has 0 aliphatic heterocycles. The monoisotopic (exact) mass is 250 g/mol. The SMILES string of the molecule is CC1(C)CCCC(CN(CC2CC2)C2CC2)C1N. The smallest absolute Gasteiger partial charge is 0.0131 e. The van der Waals surface area contributed by atoms with Crippen molar-refractivity contribution in [2.45, 2.75) is 70.9 Å². The highest BCUT2D eigenvalue weighted by Gasteiger charge is 2.40. The van der Waals surface area contributed by atoms with Gasteiger partial charge in [0, 0.05) is 25.2 Å². The number of rotatable bonds is 5. The minimum Gasteiger partial charge on any atom is -0.327 e. The van der Waals surface area contributed by atoms with Crippen molar-refractivity contribution in [1.82, 2.24) is 4.90 Å². The van der Waals surface area contributed by atoms with Gasteiger partial charge < -0.3 is 5.73 Å². The molecule has 3 rings (SSSR count). The first kappa shape index (κ1) is 12.9. The Bertz CT molecular complexity index is 291. The summed E-state index contributed by atoms with van der Waals surface area (Å²) in [6.45, 7) is 7.39. The Kier molecular flexibility index (Phi) is 3.44. The average molecular weight is 250 g/mol. The molecule has 0 spiro atoms. The zero-order valence-corrected chi connectivity index (χ0v) is 12.2. The number of nitrogens with zero attached hydrogens (tertiary/aromatic N) is 1. The summed E-state index contributed by atoms with van der Waals surface area (Å²) >= 11 is 0. The van der Waals surface area contributed by atoms with Crippen molar-refractivity contribution < 1.29 is 0 Å². The van der Waals surface area contributed by atoms with Crippen molar-refractivity contribution in [2.75, 3.05) is 13.1 Å². The molecule has 3 saturated carbocycles. The fourth-order valence-electron chi connectivity index (χ4n) is 3.75. The van der Waals surface area contributed by atoms with Crippen LogP contribution in [-0.2, 0) is 0 Å². The second-order valence-corrected chi connectivity index (χ2v) is 7.80. The van der Waals surface area contributed by atoms with Crippen molar-refractivity contribution in [3.05, 3.63) is 0 Å². The molecule has 18 heavy (non-hydrogen) atoms. The minimum atomic E-state index is 0.359. The Hall–Kier alpha value is -0.0800. The lowest BCUT2D eigenvalue weighted by Gasteiger charge is -2.43. The predicted molar refractivity (Wildman–Crippen MR) is 76.4 cm³/mol. The minimum absolute atomic E-state index is 0.359. The standard InChI is InChI=1S/C16H30N2/c1-16(2)9-3-4-13(15(16)17)11-18(14-7-8-14)10-12-5-6-12/h12-15H,3-11,17H2,1-2H3. The van der Waals surface area contributed by atoms with Gasteiger partial charge in [-0.1, -0.05) is 20.3 Å². The van der Waals surface area contributed by atoms with Gasteiger partial charge in [0.15, 0.2) is 0 Å². The summed E-state index contributed by atoms with van der Waals surface area (Å²) in [5, 5.41) is 0. The molecule has 0 heterocycles. The van der Waals surface area contributed by atoms with Crippen molar-refractivity contribution in [2.24, 2.45) is 23.0 Å². The van der Waals surface area contributed by atoms with Gasteiger partial charge in [-0.25, -0.2) is 0 Å². The van der Waals surface area contributed by atoms with Crippen LogP contribution in [0, 0.1) is 17.3 Å². The largest absolute Gasteiger partial charge is 0.327 e. The molecule has 2 N–H and O–H groups in total. The fourth-order valence-corrected chi connectivity index (χ4v) is 3.75. The summed E-state index contributed by atoms with van der Waals surface area (Å²) in [5.74, 6) is 1.77. The second-order valence-electron chi connectivity index (χ2n) is 7.80. The molecular weight excluding hydrogens is 220 g/mol. The van der Waals surface area contributed by atoms with Gasteiger partial charge >= 0.3 is 0 Å². The lowest BCUT2D eigenvalue weighted by Crippen LogP contribution is -2.50. The van der Waals surface area contributed by atoms with E-state index in [-0.39, 0.29) is 0 Å². The molecule has 0 aromatic rings. The summed E-state index contributed by atoms with van der Waals surface area (Å²) in [4.78, 5) is 2.80. The van der Waals surface area contributed by atoms with Crippen LogP contribution in [0.25, 0.3) is 0 Å². The van der Waals surface area contributed by atoms with Gasteiger partial charge in [-0.15, -0.1) is 0 Å². The van der Waals surface area contributed by atoms with E-state index in [1.165, 1.54) is 58.0 Å². The molecule has 2 nitrogen and oxygen atoms in total. The van der Waals surface area contributed by atoms with Gasteiger partial charge in [-0.05, 0) is 55.8 Å². The van der Waals surface area contributed by atoms with E-state index in [9.17, 15) is 0 Å².